The Hall–Kier alpha value is -2.14. The molecule has 1 atom stereocenters. The highest BCUT2D eigenvalue weighted by molar-refractivity contribution is 7.89. The van der Waals surface area contributed by atoms with E-state index in [1.165, 1.54) is 25.1 Å². The van der Waals surface area contributed by atoms with Crippen molar-refractivity contribution in [2.75, 3.05) is 18.4 Å². The second-order valence-corrected chi connectivity index (χ2v) is 9.46. The highest BCUT2D eigenvalue weighted by Crippen LogP contribution is 2.26. The molecular weight excluding hydrogens is 443 g/mol. The van der Waals surface area contributed by atoms with Crippen LogP contribution in [0.3, 0.4) is 0 Å². The minimum Gasteiger partial charge on any atom is -0.326 e. The number of aromatic nitrogens is 2. The van der Waals surface area contributed by atoms with E-state index >= 15 is 0 Å². The molecule has 156 valence electrons. The van der Waals surface area contributed by atoms with Crippen molar-refractivity contribution in [1.29, 1.82) is 0 Å². The maximum absolute atomic E-state index is 13.0. The molecule has 2 aromatic rings. The average Bonchev–Trinajstić information content (AvgIpc) is 2.59. The topological polar surface area (TPSA) is 132 Å². The molecule has 9 nitrogen and oxygen atoms in total. The summed E-state index contributed by atoms with van der Waals surface area (Å²) in [6.45, 7) is 1.40. The lowest BCUT2D eigenvalue weighted by molar-refractivity contribution is -0.120. The van der Waals surface area contributed by atoms with Crippen LogP contribution in [0, 0.1) is 12.8 Å². The Morgan fingerprint density at radius 2 is 1.83 bits per heavy atom. The number of H-pyrrole nitrogens is 2. The lowest BCUT2D eigenvalue weighted by atomic mass is 9.99. The molecule has 1 aromatic heterocycles. The molecule has 0 aliphatic carbocycles. The second kappa shape index (κ2) is 8.31. The zero-order chi connectivity index (χ0) is 21.3. The first kappa shape index (κ1) is 21.6. The number of amides is 1. The number of nitrogens with one attached hydrogen (secondary N) is 3. The van der Waals surface area contributed by atoms with E-state index in [9.17, 15) is 22.8 Å². The molecule has 12 heteroatoms. The quantitative estimate of drug-likeness (QED) is 0.638. The molecule has 1 aliphatic rings. The third-order valence-electron chi connectivity index (χ3n) is 4.56. The maximum atomic E-state index is 13.0. The lowest BCUT2D eigenvalue weighted by Crippen LogP contribution is -2.45. The summed E-state index contributed by atoms with van der Waals surface area (Å²) in [5.41, 5.74) is -1.44. The Labute approximate surface area is 176 Å². The zero-order valence-electron chi connectivity index (χ0n) is 15.3. The van der Waals surface area contributed by atoms with E-state index in [1.54, 1.807) is 0 Å². The summed E-state index contributed by atoms with van der Waals surface area (Å²) in [5, 5.41) is 3.40. The molecule has 1 aromatic carbocycles. The number of hydrogen-bond donors (Lipinski definition) is 3. The summed E-state index contributed by atoms with van der Waals surface area (Å²) in [4.78, 5) is 39.7. The highest BCUT2D eigenvalue weighted by atomic mass is 35.5. The average molecular weight is 461 g/mol. The first-order valence-corrected chi connectivity index (χ1v) is 10.9. The van der Waals surface area contributed by atoms with Crippen LogP contribution >= 0.6 is 23.2 Å². The summed E-state index contributed by atoms with van der Waals surface area (Å²) in [6, 6.07) is 4.59. The van der Waals surface area contributed by atoms with Gasteiger partial charge in [-0.15, -0.1) is 0 Å². The third-order valence-corrected chi connectivity index (χ3v) is 7.01. The maximum Gasteiger partial charge on any atom is 0.325 e. The van der Waals surface area contributed by atoms with Crippen LogP contribution in [-0.4, -0.2) is 41.7 Å². The molecule has 0 radical (unpaired) electrons. The van der Waals surface area contributed by atoms with Gasteiger partial charge in [0.2, 0.25) is 15.9 Å². The third kappa shape index (κ3) is 4.72. The van der Waals surface area contributed by atoms with E-state index in [1.807, 2.05) is 4.98 Å². The number of carbonyl (C=O) groups excluding carboxylic acids is 1. The van der Waals surface area contributed by atoms with Gasteiger partial charge >= 0.3 is 5.69 Å². The van der Waals surface area contributed by atoms with Crippen molar-refractivity contribution in [2.45, 2.75) is 24.7 Å². The van der Waals surface area contributed by atoms with Crippen LogP contribution in [0.1, 0.15) is 18.5 Å². The van der Waals surface area contributed by atoms with Crippen molar-refractivity contribution in [1.82, 2.24) is 14.3 Å². The fourth-order valence-corrected chi connectivity index (χ4v) is 5.53. The minimum atomic E-state index is -4.20. The molecule has 3 rings (SSSR count). The molecule has 0 saturated carbocycles. The highest BCUT2D eigenvalue weighted by Gasteiger charge is 2.36. The Bertz CT molecular complexity index is 1150. The molecule has 0 spiro atoms. The number of anilines is 1. The number of hydrogen-bond acceptors (Lipinski definition) is 5. The van der Waals surface area contributed by atoms with E-state index in [4.69, 9.17) is 23.2 Å². The van der Waals surface area contributed by atoms with Crippen LogP contribution in [0.5, 0.6) is 0 Å². The Morgan fingerprint density at radius 1 is 1.17 bits per heavy atom. The largest absolute Gasteiger partial charge is 0.326 e. The summed E-state index contributed by atoms with van der Waals surface area (Å²) in [6.07, 6.45) is 0.918. The van der Waals surface area contributed by atoms with Gasteiger partial charge in [0.15, 0.2) is 4.90 Å². The summed E-state index contributed by atoms with van der Waals surface area (Å²) >= 11 is 11.9. The van der Waals surface area contributed by atoms with Crippen molar-refractivity contribution in [3.05, 3.63) is 54.8 Å². The number of carbonyl (C=O) groups is 1. The summed E-state index contributed by atoms with van der Waals surface area (Å²) in [7, 11) is -4.20. The number of sulfonamides is 1. The number of halogens is 2. The van der Waals surface area contributed by atoms with Crippen molar-refractivity contribution >= 4 is 44.8 Å². The molecule has 0 bridgehead atoms. The Morgan fingerprint density at radius 3 is 2.45 bits per heavy atom. The van der Waals surface area contributed by atoms with E-state index in [0.717, 1.165) is 4.31 Å². The van der Waals surface area contributed by atoms with E-state index in [2.05, 4.69) is 10.3 Å². The molecule has 1 aliphatic heterocycles. The number of aromatic amines is 2. The number of nitrogens with zero attached hydrogens (tertiary/aromatic N) is 1. The molecule has 1 saturated heterocycles. The van der Waals surface area contributed by atoms with Gasteiger partial charge in [-0.25, -0.2) is 13.2 Å². The number of piperidine rings is 1. The van der Waals surface area contributed by atoms with Gasteiger partial charge in [-0.1, -0.05) is 23.2 Å². The molecule has 1 fully saturated rings. The van der Waals surface area contributed by atoms with Crippen LogP contribution in [0.4, 0.5) is 5.69 Å². The summed E-state index contributed by atoms with van der Waals surface area (Å²) < 4.78 is 27.0. The minimum absolute atomic E-state index is 0.0566. The zero-order valence-corrected chi connectivity index (χ0v) is 17.6. The summed E-state index contributed by atoms with van der Waals surface area (Å²) in [5.74, 6) is -1.01. The SMILES string of the molecule is Cc1[nH]c(=O)[nH]c(=O)c1S(=O)(=O)N1CCC[C@@H](C(=O)Nc2cc(Cl)cc(Cl)c2)C1. The van der Waals surface area contributed by atoms with Crippen molar-refractivity contribution < 1.29 is 13.2 Å². The molecule has 3 N–H and O–H groups in total. The molecule has 2 heterocycles. The first-order valence-electron chi connectivity index (χ1n) is 8.68. The van der Waals surface area contributed by atoms with Gasteiger partial charge in [-0.2, -0.15) is 4.31 Å². The predicted octanol–water partition coefficient (Wildman–Crippen LogP) is 1.72. The standard InChI is InChI=1S/C17H18Cl2N4O5S/c1-9-14(16(25)22-17(26)20-9)29(27,28)23-4-2-3-10(8-23)15(24)21-13-6-11(18)5-12(19)7-13/h5-7,10H,2-4,8H2,1H3,(H,21,24)(H2,20,22,25,26)/t10-/m1/s1. The number of aryl methyl sites for hydroxylation is 1. The fourth-order valence-electron chi connectivity index (χ4n) is 3.27. The van der Waals surface area contributed by atoms with E-state index in [0.29, 0.717) is 28.6 Å². The van der Waals surface area contributed by atoms with Crippen LogP contribution < -0.4 is 16.6 Å². The van der Waals surface area contributed by atoms with Crippen LogP contribution in [0.15, 0.2) is 32.7 Å². The van der Waals surface area contributed by atoms with Gasteiger partial charge < -0.3 is 10.3 Å². The van der Waals surface area contributed by atoms with Gasteiger partial charge in [-0.05, 0) is 38.0 Å². The Balaban J connectivity index is 1.82. The van der Waals surface area contributed by atoms with E-state index in [-0.39, 0.29) is 24.7 Å². The number of rotatable bonds is 4. The van der Waals surface area contributed by atoms with Crippen molar-refractivity contribution in [3.63, 3.8) is 0 Å². The van der Waals surface area contributed by atoms with Crippen molar-refractivity contribution in [3.8, 4) is 0 Å². The van der Waals surface area contributed by atoms with Crippen molar-refractivity contribution in [2.24, 2.45) is 5.92 Å². The van der Waals surface area contributed by atoms with Gasteiger partial charge in [-0.3, -0.25) is 14.6 Å². The fraction of sp³-hybridized carbons (Fsp3) is 0.353. The van der Waals surface area contributed by atoms with Crippen LogP contribution in [-0.2, 0) is 14.8 Å². The van der Waals surface area contributed by atoms with Gasteiger partial charge in [0.05, 0.1) is 5.92 Å². The smallest absolute Gasteiger partial charge is 0.325 e. The lowest BCUT2D eigenvalue weighted by Gasteiger charge is -2.31. The normalized spacial score (nSPS) is 17.8. The molecular formula is C17H18Cl2N4O5S. The van der Waals surface area contributed by atoms with Crippen LogP contribution in [0.2, 0.25) is 10.0 Å². The van der Waals surface area contributed by atoms with Gasteiger partial charge in [0.25, 0.3) is 5.56 Å². The second-order valence-electron chi connectivity index (χ2n) is 6.71. The van der Waals surface area contributed by atoms with Gasteiger partial charge in [0.1, 0.15) is 0 Å². The molecule has 0 unspecified atom stereocenters. The molecule has 1 amide bonds. The predicted molar refractivity (Wildman–Crippen MR) is 109 cm³/mol. The van der Waals surface area contributed by atoms with E-state index < -0.39 is 32.1 Å². The molecule has 29 heavy (non-hydrogen) atoms. The monoisotopic (exact) mass is 460 g/mol. The van der Waals surface area contributed by atoms with Crippen LogP contribution in [0.25, 0.3) is 0 Å². The number of benzene rings is 1. The Kier molecular flexibility index (Phi) is 6.18. The first-order chi connectivity index (χ1) is 13.6. The van der Waals surface area contributed by atoms with Gasteiger partial charge in [0, 0.05) is 34.5 Å².